The van der Waals surface area contributed by atoms with Crippen molar-refractivity contribution in [2.45, 2.75) is 20.4 Å². The van der Waals surface area contributed by atoms with Gasteiger partial charge >= 0.3 is 0 Å². The van der Waals surface area contributed by atoms with E-state index in [1.54, 1.807) is 32.2 Å². The number of rotatable bonds is 5. The summed E-state index contributed by atoms with van der Waals surface area (Å²) in [6.07, 6.45) is 4.10. The van der Waals surface area contributed by atoms with Crippen LogP contribution in [0, 0.1) is 25.5 Å². The third kappa shape index (κ3) is 3.66. The molecular weight excluding hydrogens is 392 g/mol. The zero-order chi connectivity index (χ0) is 21.4. The zero-order valence-corrected chi connectivity index (χ0v) is 16.1. The topological polar surface area (TPSA) is 112 Å². The molecule has 0 saturated heterocycles. The summed E-state index contributed by atoms with van der Waals surface area (Å²) in [4.78, 5) is 23.6. The average Bonchev–Trinajstić information content (AvgIpc) is 3.09. The summed E-state index contributed by atoms with van der Waals surface area (Å²) in [6, 6.07) is 4.48. The number of hydrogen-bond donors (Lipinski definition) is 2. The van der Waals surface area contributed by atoms with Crippen molar-refractivity contribution in [3.8, 4) is 11.4 Å². The van der Waals surface area contributed by atoms with E-state index in [1.807, 2.05) is 0 Å². The Morgan fingerprint density at radius 1 is 1.17 bits per heavy atom. The molecule has 4 aromatic heterocycles. The lowest BCUT2D eigenvalue weighted by molar-refractivity contribution is -0.118. The van der Waals surface area contributed by atoms with Gasteiger partial charge in [-0.15, -0.1) is 0 Å². The van der Waals surface area contributed by atoms with Crippen LogP contribution in [-0.4, -0.2) is 30.6 Å². The maximum Gasteiger partial charge on any atom is 0.239 e. The molecule has 0 atom stereocenters. The Morgan fingerprint density at radius 2 is 1.97 bits per heavy atom. The van der Waals surface area contributed by atoms with Gasteiger partial charge in [0, 0.05) is 17.6 Å². The van der Waals surface area contributed by atoms with E-state index in [4.69, 9.17) is 5.73 Å². The number of carbonyl (C=O) groups excluding carboxylic acids is 1. The first-order valence-electron chi connectivity index (χ1n) is 8.99. The summed E-state index contributed by atoms with van der Waals surface area (Å²) in [5.41, 5.74) is 8.13. The number of anilines is 2. The van der Waals surface area contributed by atoms with Crippen LogP contribution in [-0.2, 0) is 11.3 Å². The Kier molecular flexibility index (Phi) is 4.82. The van der Waals surface area contributed by atoms with Crippen molar-refractivity contribution in [3.63, 3.8) is 0 Å². The van der Waals surface area contributed by atoms with Crippen LogP contribution in [0.15, 0.2) is 36.8 Å². The Morgan fingerprint density at radius 3 is 2.73 bits per heavy atom. The van der Waals surface area contributed by atoms with Crippen molar-refractivity contribution in [1.82, 2.24) is 24.7 Å². The van der Waals surface area contributed by atoms with Crippen LogP contribution >= 0.6 is 0 Å². The third-order valence-electron chi connectivity index (χ3n) is 4.44. The highest BCUT2D eigenvalue weighted by Crippen LogP contribution is 2.30. The first-order chi connectivity index (χ1) is 14.3. The Bertz CT molecular complexity index is 1290. The van der Waals surface area contributed by atoms with E-state index < -0.39 is 17.5 Å². The van der Waals surface area contributed by atoms with Gasteiger partial charge in [-0.1, -0.05) is 0 Å². The third-order valence-corrected chi connectivity index (χ3v) is 4.44. The lowest BCUT2D eigenvalue weighted by atomic mass is 10.1. The van der Waals surface area contributed by atoms with Gasteiger partial charge in [-0.3, -0.25) is 14.5 Å². The van der Waals surface area contributed by atoms with Crippen molar-refractivity contribution >= 4 is 28.3 Å². The largest absolute Gasteiger partial charge is 0.368 e. The van der Waals surface area contributed by atoms with Crippen molar-refractivity contribution in [1.29, 1.82) is 0 Å². The van der Waals surface area contributed by atoms with Crippen molar-refractivity contribution < 1.29 is 13.6 Å². The highest BCUT2D eigenvalue weighted by atomic mass is 19.1. The number of nitrogens with one attached hydrogen (secondary N) is 1. The second-order valence-corrected chi connectivity index (χ2v) is 6.80. The number of nitrogens with zero attached hydrogens (tertiary/aromatic N) is 5. The summed E-state index contributed by atoms with van der Waals surface area (Å²) < 4.78 is 30.1. The van der Waals surface area contributed by atoms with Crippen LogP contribution in [0.1, 0.15) is 11.3 Å². The predicted molar refractivity (Wildman–Crippen MR) is 107 cm³/mol. The van der Waals surface area contributed by atoms with E-state index in [9.17, 15) is 13.6 Å². The van der Waals surface area contributed by atoms with Gasteiger partial charge < -0.3 is 11.1 Å². The minimum Gasteiger partial charge on any atom is -0.368 e. The van der Waals surface area contributed by atoms with E-state index in [0.717, 1.165) is 6.20 Å². The van der Waals surface area contributed by atoms with Crippen LogP contribution in [0.3, 0.4) is 0 Å². The normalized spacial score (nSPS) is 11.1. The minimum atomic E-state index is -0.635. The van der Waals surface area contributed by atoms with Gasteiger partial charge in [0.1, 0.15) is 29.0 Å². The number of nitrogens with two attached hydrogens (primary N) is 1. The number of halogens is 2. The van der Waals surface area contributed by atoms with Crippen molar-refractivity contribution in [2.24, 2.45) is 5.73 Å². The highest BCUT2D eigenvalue weighted by molar-refractivity contribution is 5.90. The number of hydrogen-bond acceptors (Lipinski definition) is 6. The first kappa shape index (κ1) is 19.4. The molecule has 0 aliphatic carbocycles. The van der Waals surface area contributed by atoms with Crippen molar-refractivity contribution in [2.75, 3.05) is 5.32 Å². The molecule has 0 aliphatic heterocycles. The number of fused-ring (bicyclic) bond motifs is 1. The second-order valence-electron chi connectivity index (χ2n) is 6.80. The Balaban J connectivity index is 1.78. The lowest BCUT2D eigenvalue weighted by Gasteiger charge is -2.12. The summed E-state index contributed by atoms with van der Waals surface area (Å²) in [5.74, 6) is -1.73. The maximum atomic E-state index is 14.6. The molecule has 10 heteroatoms. The molecule has 0 radical (unpaired) electrons. The number of aryl methyl sites for hydroxylation is 2. The molecule has 0 aliphatic rings. The first-order valence-corrected chi connectivity index (χ1v) is 8.99. The number of pyridine rings is 3. The fourth-order valence-electron chi connectivity index (χ4n) is 2.99. The minimum absolute atomic E-state index is 0.0705. The number of amides is 1. The molecule has 0 unspecified atom stereocenters. The molecule has 4 rings (SSSR count). The van der Waals surface area contributed by atoms with Crippen LogP contribution < -0.4 is 11.1 Å². The molecule has 0 saturated carbocycles. The van der Waals surface area contributed by atoms with Gasteiger partial charge in [-0.2, -0.15) is 5.10 Å². The molecule has 3 N–H and O–H groups in total. The van der Waals surface area contributed by atoms with Crippen LogP contribution in [0.25, 0.3) is 22.4 Å². The quantitative estimate of drug-likeness (QED) is 0.524. The summed E-state index contributed by atoms with van der Waals surface area (Å²) in [7, 11) is 0. The molecular formula is C20H17F2N7O. The number of carbonyl (C=O) groups is 1. The molecule has 0 spiro atoms. The zero-order valence-electron chi connectivity index (χ0n) is 16.1. The number of aromatic nitrogens is 5. The maximum absolute atomic E-state index is 14.6. The smallest absolute Gasteiger partial charge is 0.239 e. The molecule has 152 valence electrons. The highest BCUT2D eigenvalue weighted by Gasteiger charge is 2.16. The Hall–Kier alpha value is -3.95. The predicted octanol–water partition coefficient (Wildman–Crippen LogP) is 3.01. The molecule has 0 aromatic carbocycles. The van der Waals surface area contributed by atoms with Gasteiger partial charge in [-0.25, -0.2) is 18.7 Å². The standard InChI is InChI=1S/C20H17F2N7O/c1-10-6-24-15(18-12(21)4-3-11(2)26-18)5-14(10)27-19-13(22)7-25-16-8-29(9-17(23)30)28-20(16)19/h3-8H,9H2,1-2H3,(H2,23,30)(H,24,27). The molecule has 4 heterocycles. The second kappa shape index (κ2) is 7.47. The van der Waals surface area contributed by atoms with Gasteiger partial charge in [0.25, 0.3) is 0 Å². The van der Waals surface area contributed by atoms with E-state index in [0.29, 0.717) is 28.2 Å². The Labute approximate surface area is 169 Å². The summed E-state index contributed by atoms with van der Waals surface area (Å²) in [5, 5.41) is 7.21. The van der Waals surface area contributed by atoms with Gasteiger partial charge in [0.05, 0.1) is 18.1 Å². The fourth-order valence-corrected chi connectivity index (χ4v) is 2.99. The van der Waals surface area contributed by atoms with Crippen LogP contribution in [0.4, 0.5) is 20.2 Å². The summed E-state index contributed by atoms with van der Waals surface area (Å²) in [6.45, 7) is 3.37. The van der Waals surface area contributed by atoms with E-state index >= 15 is 0 Å². The van der Waals surface area contributed by atoms with Gasteiger partial charge in [0.15, 0.2) is 11.6 Å². The van der Waals surface area contributed by atoms with Gasteiger partial charge in [-0.05, 0) is 37.6 Å². The van der Waals surface area contributed by atoms with E-state index in [2.05, 4.69) is 25.4 Å². The fraction of sp³-hybridized carbons (Fsp3) is 0.150. The average molecular weight is 409 g/mol. The SMILES string of the molecule is Cc1ccc(F)c(-c2cc(Nc3c(F)cnc4cn(CC(N)=O)nc34)c(C)cn2)n1. The monoisotopic (exact) mass is 409 g/mol. The van der Waals surface area contributed by atoms with Crippen LogP contribution in [0.2, 0.25) is 0 Å². The molecule has 8 nitrogen and oxygen atoms in total. The number of primary amides is 1. The molecule has 4 aromatic rings. The lowest BCUT2D eigenvalue weighted by Crippen LogP contribution is -2.18. The van der Waals surface area contributed by atoms with Crippen molar-refractivity contribution in [3.05, 3.63) is 59.7 Å². The van der Waals surface area contributed by atoms with Crippen LogP contribution in [0.5, 0.6) is 0 Å². The molecule has 0 bridgehead atoms. The molecule has 30 heavy (non-hydrogen) atoms. The summed E-state index contributed by atoms with van der Waals surface area (Å²) >= 11 is 0. The van der Waals surface area contributed by atoms with Gasteiger partial charge in [0.2, 0.25) is 5.91 Å². The van der Waals surface area contributed by atoms with E-state index in [1.165, 1.54) is 16.9 Å². The molecule has 1 amide bonds. The molecule has 0 fully saturated rings. The van der Waals surface area contributed by atoms with E-state index in [-0.39, 0.29) is 23.4 Å².